The van der Waals surface area contributed by atoms with Crippen LogP contribution in [0.3, 0.4) is 0 Å². The van der Waals surface area contributed by atoms with Crippen molar-refractivity contribution in [3.8, 4) is 17.1 Å². The van der Waals surface area contributed by atoms with E-state index in [4.69, 9.17) is 9.72 Å². The van der Waals surface area contributed by atoms with Gasteiger partial charge in [-0.1, -0.05) is 6.07 Å². The zero-order valence-corrected chi connectivity index (χ0v) is 20.5. The Hall–Kier alpha value is -3.46. The summed E-state index contributed by atoms with van der Waals surface area (Å²) < 4.78 is 7.85. The molecule has 0 bridgehead atoms. The predicted molar refractivity (Wildman–Crippen MR) is 134 cm³/mol. The van der Waals surface area contributed by atoms with Crippen molar-refractivity contribution in [2.45, 2.75) is 44.8 Å². The summed E-state index contributed by atoms with van der Waals surface area (Å²) in [4.78, 5) is 27.9. The van der Waals surface area contributed by atoms with Gasteiger partial charge in [0.2, 0.25) is 5.88 Å². The van der Waals surface area contributed by atoms with Gasteiger partial charge in [0.05, 0.1) is 17.5 Å². The number of aromatic nitrogens is 4. The number of anilines is 2. The second-order valence-corrected chi connectivity index (χ2v) is 10.4. The van der Waals surface area contributed by atoms with Gasteiger partial charge in [-0.3, -0.25) is 14.4 Å². The van der Waals surface area contributed by atoms with Crippen molar-refractivity contribution in [3.63, 3.8) is 0 Å². The van der Waals surface area contributed by atoms with Crippen LogP contribution in [0.25, 0.3) is 11.3 Å². The van der Waals surface area contributed by atoms with Crippen LogP contribution in [0.1, 0.15) is 42.6 Å². The molecule has 2 fully saturated rings. The van der Waals surface area contributed by atoms with Gasteiger partial charge in [0.25, 0.3) is 5.91 Å². The van der Waals surface area contributed by atoms with Gasteiger partial charge >= 0.3 is 0 Å². The van der Waals surface area contributed by atoms with Gasteiger partial charge in [0.15, 0.2) is 0 Å². The molecule has 6 rings (SSSR count). The molecule has 0 spiro atoms. The predicted octanol–water partition coefficient (Wildman–Crippen LogP) is 3.13. The lowest BCUT2D eigenvalue weighted by Gasteiger charge is -2.36. The summed E-state index contributed by atoms with van der Waals surface area (Å²) in [6, 6.07) is 8.31. The molecule has 1 aliphatic carbocycles. The van der Waals surface area contributed by atoms with Gasteiger partial charge in [-0.15, -0.1) is 0 Å². The Bertz CT molecular complexity index is 1270. The Morgan fingerprint density at radius 1 is 1.14 bits per heavy atom. The van der Waals surface area contributed by atoms with Gasteiger partial charge in [-0.05, 0) is 44.9 Å². The highest BCUT2D eigenvalue weighted by Crippen LogP contribution is 2.37. The number of nitrogens with one attached hydrogen (secondary N) is 1. The van der Waals surface area contributed by atoms with Crippen molar-refractivity contribution in [2.24, 2.45) is 7.05 Å². The third-order valence-electron chi connectivity index (χ3n) is 6.94. The van der Waals surface area contributed by atoms with Crippen molar-refractivity contribution in [1.82, 2.24) is 24.6 Å². The minimum Gasteiger partial charge on any atom is -0.471 e. The molecule has 9 heteroatoms. The topological polar surface area (TPSA) is 88.4 Å². The highest BCUT2D eigenvalue weighted by molar-refractivity contribution is 6.07. The first-order valence-electron chi connectivity index (χ1n) is 12.3. The van der Waals surface area contributed by atoms with Crippen LogP contribution in [-0.2, 0) is 13.5 Å². The number of hydrogen-bond donors (Lipinski definition) is 1. The number of ether oxygens (including phenoxy) is 1. The molecular formula is C26H31N7O2. The van der Waals surface area contributed by atoms with Gasteiger partial charge in [-0.25, -0.2) is 4.98 Å². The first kappa shape index (κ1) is 22.0. The molecule has 0 unspecified atom stereocenters. The lowest BCUT2D eigenvalue weighted by Crippen LogP contribution is -2.48. The molecule has 3 aliphatic rings. The van der Waals surface area contributed by atoms with Gasteiger partial charge < -0.3 is 15.0 Å². The third kappa shape index (κ3) is 4.48. The third-order valence-corrected chi connectivity index (χ3v) is 6.94. The number of fused-ring (bicyclic) bond motifs is 1. The highest BCUT2D eigenvalue weighted by Gasteiger charge is 2.36. The van der Waals surface area contributed by atoms with E-state index in [1.807, 2.05) is 31.4 Å². The molecule has 182 valence electrons. The van der Waals surface area contributed by atoms with E-state index in [2.05, 4.69) is 39.0 Å². The molecule has 1 N–H and O–H groups in total. The zero-order valence-electron chi connectivity index (χ0n) is 20.5. The van der Waals surface area contributed by atoms with E-state index >= 15 is 0 Å². The average molecular weight is 474 g/mol. The Labute approximate surface area is 205 Å². The average Bonchev–Trinajstić information content (AvgIpc) is 3.52. The van der Waals surface area contributed by atoms with Crippen LogP contribution in [0.2, 0.25) is 0 Å². The maximum atomic E-state index is 13.6. The number of rotatable bonds is 5. The van der Waals surface area contributed by atoms with Crippen LogP contribution in [0.5, 0.6) is 5.88 Å². The molecule has 1 amide bonds. The molecule has 9 nitrogen and oxygen atoms in total. The number of hydrogen-bond acceptors (Lipinski definition) is 7. The quantitative estimate of drug-likeness (QED) is 0.609. The van der Waals surface area contributed by atoms with Crippen LogP contribution in [0, 0.1) is 0 Å². The molecular weight excluding hydrogens is 442 g/mol. The van der Waals surface area contributed by atoms with Crippen LogP contribution in [0.15, 0.2) is 36.7 Å². The molecule has 2 aliphatic heterocycles. The molecule has 0 aromatic carbocycles. The standard InChI is InChI=1S/C26H31N7O2/c1-26(2)14-17-13-20(23(30-25(17)35-26)33-11-9-32(10-12-33)19-7-8-19)24(34)29-22-6-4-5-21(28-22)18-15-27-31(3)16-18/h4-6,13,15-16,19H,7-12,14H2,1-3H3,(H,28,29,34). The summed E-state index contributed by atoms with van der Waals surface area (Å²) >= 11 is 0. The van der Waals surface area contributed by atoms with E-state index in [0.29, 0.717) is 23.1 Å². The summed E-state index contributed by atoms with van der Waals surface area (Å²) in [5.41, 5.74) is 2.87. The molecule has 35 heavy (non-hydrogen) atoms. The molecule has 0 radical (unpaired) electrons. The molecule has 3 aromatic rings. The number of amides is 1. The van der Waals surface area contributed by atoms with E-state index in [0.717, 1.165) is 55.5 Å². The number of pyridine rings is 2. The summed E-state index contributed by atoms with van der Waals surface area (Å²) in [5, 5.41) is 7.23. The normalized spacial score (nSPS) is 19.3. The Balaban J connectivity index is 1.29. The second-order valence-electron chi connectivity index (χ2n) is 10.4. The lowest BCUT2D eigenvalue weighted by atomic mass is 10.0. The van der Waals surface area contributed by atoms with Crippen molar-refractivity contribution in [2.75, 3.05) is 36.4 Å². The number of carbonyl (C=O) groups excluding carboxylic acids is 1. The Morgan fingerprint density at radius 3 is 2.66 bits per heavy atom. The summed E-state index contributed by atoms with van der Waals surface area (Å²) in [6.45, 7) is 7.78. The summed E-state index contributed by atoms with van der Waals surface area (Å²) in [7, 11) is 1.87. The first-order chi connectivity index (χ1) is 16.8. The van der Waals surface area contributed by atoms with Crippen LogP contribution in [-0.4, -0.2) is 68.4 Å². The maximum Gasteiger partial charge on any atom is 0.260 e. The number of aryl methyl sites for hydroxylation is 1. The zero-order chi connectivity index (χ0) is 24.2. The van der Waals surface area contributed by atoms with Crippen molar-refractivity contribution < 1.29 is 9.53 Å². The fourth-order valence-corrected chi connectivity index (χ4v) is 5.05. The van der Waals surface area contributed by atoms with E-state index < -0.39 is 0 Å². The number of nitrogens with zero attached hydrogens (tertiary/aromatic N) is 6. The first-order valence-corrected chi connectivity index (χ1v) is 12.3. The lowest BCUT2D eigenvalue weighted by molar-refractivity contribution is 0.102. The fourth-order valence-electron chi connectivity index (χ4n) is 5.05. The van der Waals surface area contributed by atoms with Gasteiger partial charge in [0, 0.05) is 63.0 Å². The maximum absolute atomic E-state index is 13.6. The van der Waals surface area contributed by atoms with Gasteiger partial charge in [-0.2, -0.15) is 10.1 Å². The minimum atomic E-state index is -0.327. The van der Waals surface area contributed by atoms with E-state index in [1.54, 1.807) is 16.9 Å². The highest BCUT2D eigenvalue weighted by atomic mass is 16.5. The summed E-state index contributed by atoms with van der Waals surface area (Å²) in [6.07, 6.45) is 7.00. The molecule has 3 aromatic heterocycles. The van der Waals surface area contributed by atoms with E-state index in [-0.39, 0.29) is 11.5 Å². The monoisotopic (exact) mass is 473 g/mol. The SMILES string of the molecule is Cn1cc(-c2cccc(NC(=O)c3cc4c(nc3N3CCN(C5CC5)CC3)OC(C)(C)C4)n2)cn1. The Kier molecular flexibility index (Phi) is 5.25. The number of carbonyl (C=O) groups is 1. The van der Waals surface area contributed by atoms with Crippen molar-refractivity contribution >= 4 is 17.5 Å². The number of piperazine rings is 1. The molecule has 5 heterocycles. The smallest absolute Gasteiger partial charge is 0.260 e. The van der Waals surface area contributed by atoms with Gasteiger partial charge in [0.1, 0.15) is 17.2 Å². The van der Waals surface area contributed by atoms with E-state index in [9.17, 15) is 4.79 Å². The molecule has 1 saturated carbocycles. The largest absolute Gasteiger partial charge is 0.471 e. The van der Waals surface area contributed by atoms with Crippen LogP contribution >= 0.6 is 0 Å². The molecule has 1 saturated heterocycles. The van der Waals surface area contributed by atoms with Crippen LogP contribution < -0.4 is 15.0 Å². The summed E-state index contributed by atoms with van der Waals surface area (Å²) in [5.74, 6) is 1.62. The Morgan fingerprint density at radius 2 is 1.94 bits per heavy atom. The van der Waals surface area contributed by atoms with Crippen LogP contribution in [0.4, 0.5) is 11.6 Å². The minimum absolute atomic E-state index is 0.208. The molecule has 0 atom stereocenters. The van der Waals surface area contributed by atoms with E-state index in [1.165, 1.54) is 12.8 Å². The van der Waals surface area contributed by atoms with Crippen molar-refractivity contribution in [1.29, 1.82) is 0 Å². The fraction of sp³-hybridized carbons (Fsp3) is 0.462. The second kappa shape index (κ2) is 8.34. The van der Waals surface area contributed by atoms with Crippen molar-refractivity contribution in [3.05, 3.63) is 47.8 Å².